The molecule has 22 heavy (non-hydrogen) atoms. The van der Waals surface area contributed by atoms with Gasteiger partial charge in [0, 0.05) is 24.8 Å². The Morgan fingerprint density at radius 1 is 0.727 bits per heavy atom. The predicted octanol–water partition coefficient (Wildman–Crippen LogP) is 1.61. The van der Waals surface area contributed by atoms with Crippen molar-refractivity contribution in [2.24, 2.45) is 11.8 Å². The highest BCUT2D eigenvalue weighted by atomic mass is 35.5. The molecule has 0 radical (unpaired) electrons. The number of hydrogen-bond acceptors (Lipinski definition) is 4. The van der Waals surface area contributed by atoms with E-state index in [9.17, 15) is 10.2 Å². The Bertz CT molecular complexity index is 277. The van der Waals surface area contributed by atoms with E-state index in [4.69, 9.17) is 23.2 Å². The maximum Gasteiger partial charge on any atom is 0.0802 e. The van der Waals surface area contributed by atoms with Crippen LogP contribution in [0.4, 0.5) is 0 Å². The minimum Gasteiger partial charge on any atom is -0.391 e. The fourth-order valence-electron chi connectivity index (χ4n) is 3.91. The summed E-state index contributed by atoms with van der Waals surface area (Å²) in [6, 6.07) is 0. The molecule has 0 amide bonds. The average Bonchev–Trinajstić information content (AvgIpc) is 2.56. The summed E-state index contributed by atoms with van der Waals surface area (Å²) in [7, 11) is 0. The minimum atomic E-state index is -0.394. The van der Waals surface area contributed by atoms with Crippen LogP contribution >= 0.6 is 23.2 Å². The Labute approximate surface area is 144 Å². The van der Waals surface area contributed by atoms with Gasteiger partial charge in [-0.05, 0) is 63.7 Å². The van der Waals surface area contributed by atoms with Crippen molar-refractivity contribution in [3.63, 3.8) is 0 Å². The molecule has 0 aliphatic carbocycles. The van der Waals surface area contributed by atoms with Crippen LogP contribution in [-0.4, -0.2) is 83.2 Å². The molecule has 4 nitrogen and oxygen atoms in total. The van der Waals surface area contributed by atoms with Crippen LogP contribution in [0, 0.1) is 11.8 Å². The number of rotatable bonds is 7. The summed E-state index contributed by atoms with van der Waals surface area (Å²) in [5.41, 5.74) is 0. The van der Waals surface area contributed by atoms with E-state index in [1.165, 1.54) is 25.7 Å². The molecule has 2 heterocycles. The van der Waals surface area contributed by atoms with Gasteiger partial charge in [0.2, 0.25) is 0 Å². The zero-order valence-electron chi connectivity index (χ0n) is 13.3. The Balaban J connectivity index is 1.66. The third-order valence-corrected chi connectivity index (χ3v) is 5.94. The molecule has 0 aromatic heterocycles. The van der Waals surface area contributed by atoms with Crippen molar-refractivity contribution in [3.8, 4) is 0 Å². The zero-order chi connectivity index (χ0) is 15.9. The summed E-state index contributed by atoms with van der Waals surface area (Å²) >= 11 is 11.3. The molecule has 0 aromatic rings. The normalized spacial score (nSPS) is 26.2. The van der Waals surface area contributed by atoms with Gasteiger partial charge in [0.25, 0.3) is 0 Å². The second-order valence-electron chi connectivity index (χ2n) is 6.89. The Kier molecular flexibility index (Phi) is 8.23. The third kappa shape index (κ3) is 5.81. The number of halogens is 2. The van der Waals surface area contributed by atoms with Gasteiger partial charge in [-0.25, -0.2) is 0 Å². The number of alkyl halides is 2. The molecule has 6 heteroatoms. The summed E-state index contributed by atoms with van der Waals surface area (Å²) in [5, 5.41) is 19.3. The second-order valence-corrected chi connectivity index (χ2v) is 7.51. The first-order chi connectivity index (χ1) is 10.6. The Morgan fingerprint density at radius 3 is 1.32 bits per heavy atom. The highest BCUT2D eigenvalue weighted by Gasteiger charge is 2.30. The maximum absolute atomic E-state index is 9.64. The van der Waals surface area contributed by atoms with E-state index < -0.39 is 12.2 Å². The lowest BCUT2D eigenvalue weighted by Gasteiger charge is -2.40. The SMILES string of the molecule is O[C@@H](CCl)CN1CCC(C2CCN(C[C@@H](O)CCl)CC2)CC1. The Hall–Kier alpha value is 0.420. The number of piperidine rings is 2. The fourth-order valence-corrected chi connectivity index (χ4v) is 4.10. The average molecular weight is 353 g/mol. The number of hydrogen-bond donors (Lipinski definition) is 2. The van der Waals surface area contributed by atoms with Crippen LogP contribution < -0.4 is 0 Å². The number of β-amino-alcohol motifs (C(OH)–C–C–N with tert-alkyl or cyclic N) is 2. The van der Waals surface area contributed by atoms with Crippen LogP contribution in [0.25, 0.3) is 0 Å². The van der Waals surface area contributed by atoms with E-state index in [-0.39, 0.29) is 0 Å². The van der Waals surface area contributed by atoms with Crippen LogP contribution in [0.1, 0.15) is 25.7 Å². The lowest BCUT2D eigenvalue weighted by molar-refractivity contribution is 0.0578. The van der Waals surface area contributed by atoms with Crippen molar-refractivity contribution < 1.29 is 10.2 Å². The number of aliphatic hydroxyl groups is 2. The first-order valence-corrected chi connectivity index (χ1v) is 9.62. The maximum atomic E-state index is 9.64. The minimum absolute atomic E-state index is 0.326. The van der Waals surface area contributed by atoms with Crippen molar-refractivity contribution in [2.45, 2.75) is 37.9 Å². The van der Waals surface area contributed by atoms with E-state index in [1.807, 2.05) is 0 Å². The molecule has 2 saturated heterocycles. The lowest BCUT2D eigenvalue weighted by Crippen LogP contribution is -2.44. The zero-order valence-corrected chi connectivity index (χ0v) is 14.9. The van der Waals surface area contributed by atoms with Crippen molar-refractivity contribution in [2.75, 3.05) is 51.0 Å². The van der Waals surface area contributed by atoms with Gasteiger partial charge in [-0.15, -0.1) is 23.2 Å². The first kappa shape index (κ1) is 18.8. The molecule has 2 atom stereocenters. The van der Waals surface area contributed by atoms with Crippen molar-refractivity contribution in [1.82, 2.24) is 9.80 Å². The van der Waals surface area contributed by atoms with Gasteiger partial charge in [0.05, 0.1) is 12.2 Å². The fraction of sp³-hybridized carbons (Fsp3) is 1.00. The molecule has 130 valence electrons. The first-order valence-electron chi connectivity index (χ1n) is 8.55. The predicted molar refractivity (Wildman–Crippen MR) is 91.8 cm³/mol. The van der Waals surface area contributed by atoms with E-state index in [2.05, 4.69) is 9.80 Å². The van der Waals surface area contributed by atoms with Gasteiger partial charge in [-0.3, -0.25) is 0 Å². The molecular formula is C16H30Cl2N2O2. The number of nitrogens with zero attached hydrogens (tertiary/aromatic N) is 2. The van der Waals surface area contributed by atoms with Crippen molar-refractivity contribution in [1.29, 1.82) is 0 Å². The summed E-state index contributed by atoms with van der Waals surface area (Å²) in [4.78, 5) is 4.69. The molecule has 0 unspecified atom stereocenters. The third-order valence-electron chi connectivity index (χ3n) is 5.23. The van der Waals surface area contributed by atoms with Gasteiger partial charge in [0.1, 0.15) is 0 Å². The Morgan fingerprint density at radius 2 is 1.05 bits per heavy atom. The summed E-state index contributed by atoms with van der Waals surface area (Å²) < 4.78 is 0. The van der Waals surface area contributed by atoms with Gasteiger partial charge in [-0.1, -0.05) is 0 Å². The molecule has 2 aliphatic heterocycles. The molecule has 2 N–H and O–H groups in total. The highest BCUT2D eigenvalue weighted by Crippen LogP contribution is 2.32. The summed E-state index contributed by atoms with van der Waals surface area (Å²) in [5.74, 6) is 2.30. The molecule has 0 bridgehead atoms. The van der Waals surface area contributed by atoms with Gasteiger partial charge < -0.3 is 20.0 Å². The van der Waals surface area contributed by atoms with Crippen LogP contribution in [0.2, 0.25) is 0 Å². The number of aliphatic hydroxyl groups excluding tert-OH is 2. The van der Waals surface area contributed by atoms with Gasteiger partial charge >= 0.3 is 0 Å². The molecule has 0 saturated carbocycles. The standard InChI is InChI=1S/C16H30Cl2N2O2/c17-9-15(21)11-19-5-1-13(2-6-19)14-3-7-20(8-4-14)12-16(22)10-18/h13-16,21-22H,1-12H2/t15-,16-/m0/s1. The van der Waals surface area contributed by atoms with Crippen LogP contribution in [0.15, 0.2) is 0 Å². The topological polar surface area (TPSA) is 46.9 Å². The van der Waals surface area contributed by atoms with Gasteiger partial charge in [-0.2, -0.15) is 0 Å². The smallest absolute Gasteiger partial charge is 0.0802 e. The molecule has 2 rings (SSSR count). The largest absolute Gasteiger partial charge is 0.391 e. The van der Waals surface area contributed by atoms with Gasteiger partial charge in [0.15, 0.2) is 0 Å². The number of likely N-dealkylation sites (tertiary alicyclic amines) is 2. The quantitative estimate of drug-likeness (QED) is 0.683. The molecule has 2 aliphatic rings. The highest BCUT2D eigenvalue weighted by molar-refractivity contribution is 6.18. The van der Waals surface area contributed by atoms with E-state index in [0.717, 1.165) is 38.0 Å². The van der Waals surface area contributed by atoms with Crippen LogP contribution in [0.3, 0.4) is 0 Å². The second kappa shape index (κ2) is 9.65. The van der Waals surface area contributed by atoms with Crippen molar-refractivity contribution >= 4 is 23.2 Å². The van der Waals surface area contributed by atoms with Crippen molar-refractivity contribution in [3.05, 3.63) is 0 Å². The summed E-state index contributed by atoms with van der Waals surface area (Å²) in [6.07, 6.45) is 4.17. The molecule has 0 aromatic carbocycles. The molecular weight excluding hydrogens is 323 g/mol. The summed E-state index contributed by atoms with van der Waals surface area (Å²) in [6.45, 7) is 5.77. The van der Waals surface area contributed by atoms with E-state index in [1.54, 1.807) is 0 Å². The van der Waals surface area contributed by atoms with E-state index >= 15 is 0 Å². The monoisotopic (exact) mass is 352 g/mol. The van der Waals surface area contributed by atoms with Crippen LogP contribution in [0.5, 0.6) is 0 Å². The lowest BCUT2D eigenvalue weighted by atomic mass is 9.78. The van der Waals surface area contributed by atoms with E-state index in [0.29, 0.717) is 24.8 Å². The molecule has 2 fully saturated rings. The molecule has 0 spiro atoms. The van der Waals surface area contributed by atoms with Crippen LogP contribution in [-0.2, 0) is 0 Å².